The first-order chi connectivity index (χ1) is 13.5. The van der Waals surface area contributed by atoms with E-state index in [4.69, 9.17) is 0 Å². The summed E-state index contributed by atoms with van der Waals surface area (Å²) in [6.07, 6.45) is 2.54. The number of benzene rings is 2. The minimum atomic E-state index is -0.376. The molecule has 0 bridgehead atoms. The van der Waals surface area contributed by atoms with Crippen LogP contribution in [0.1, 0.15) is 62.3 Å². The summed E-state index contributed by atoms with van der Waals surface area (Å²) < 4.78 is 0. The van der Waals surface area contributed by atoms with Crippen molar-refractivity contribution >= 4 is 17.7 Å². The largest absolute Gasteiger partial charge is 0.393 e. The van der Waals surface area contributed by atoms with Crippen LogP contribution in [0.5, 0.6) is 0 Å². The number of nitrogens with one attached hydrogen (secondary N) is 1. The molecule has 0 aromatic heterocycles. The van der Waals surface area contributed by atoms with Gasteiger partial charge in [0, 0.05) is 11.6 Å². The molecule has 6 nitrogen and oxygen atoms in total. The summed E-state index contributed by atoms with van der Waals surface area (Å²) in [5.74, 6) is -0.970. The topological polar surface area (TPSA) is 86.7 Å². The molecule has 1 fully saturated rings. The van der Waals surface area contributed by atoms with Crippen LogP contribution in [0.2, 0.25) is 0 Å². The lowest BCUT2D eigenvalue weighted by atomic mass is 9.93. The van der Waals surface area contributed by atoms with Crippen molar-refractivity contribution in [3.8, 4) is 0 Å². The number of hydrogen-bond acceptors (Lipinski definition) is 4. The van der Waals surface area contributed by atoms with Crippen LogP contribution in [0.25, 0.3) is 0 Å². The highest BCUT2D eigenvalue weighted by atomic mass is 16.3. The van der Waals surface area contributed by atoms with Crippen LogP contribution in [-0.2, 0) is 6.54 Å². The Morgan fingerprint density at radius 1 is 0.964 bits per heavy atom. The standard InChI is InChI=1S/C22H22N2O4/c25-17-9-7-16(8-10-17)23-20(26)15-6-11-18-19(12-15)22(28)24(21(18)27)13-14-4-2-1-3-5-14/h1-6,11-12,16-17,25H,7-10,13H2,(H,23,26). The Morgan fingerprint density at radius 2 is 1.64 bits per heavy atom. The second-order valence-corrected chi connectivity index (χ2v) is 7.42. The molecule has 4 rings (SSSR count). The predicted molar refractivity (Wildman–Crippen MR) is 103 cm³/mol. The third-order valence-electron chi connectivity index (χ3n) is 5.45. The van der Waals surface area contributed by atoms with Crippen molar-refractivity contribution in [2.45, 2.75) is 44.4 Å². The van der Waals surface area contributed by atoms with Crippen molar-refractivity contribution in [3.63, 3.8) is 0 Å². The molecule has 2 N–H and O–H groups in total. The lowest BCUT2D eigenvalue weighted by Gasteiger charge is -2.26. The molecule has 1 aliphatic heterocycles. The Balaban J connectivity index is 1.49. The van der Waals surface area contributed by atoms with E-state index in [0.29, 0.717) is 24.0 Å². The molecule has 6 heteroatoms. The quantitative estimate of drug-likeness (QED) is 0.801. The molecule has 3 amide bonds. The molecule has 28 heavy (non-hydrogen) atoms. The molecule has 2 aromatic carbocycles. The van der Waals surface area contributed by atoms with Crippen molar-refractivity contribution in [1.82, 2.24) is 10.2 Å². The molecule has 0 unspecified atom stereocenters. The summed E-state index contributed by atoms with van der Waals surface area (Å²) in [6.45, 7) is 0.207. The lowest BCUT2D eigenvalue weighted by Crippen LogP contribution is -2.38. The Bertz CT molecular complexity index is 917. The number of carbonyl (C=O) groups excluding carboxylic acids is 3. The summed E-state index contributed by atoms with van der Waals surface area (Å²) in [6, 6.07) is 14.0. The van der Waals surface area contributed by atoms with Crippen molar-refractivity contribution < 1.29 is 19.5 Å². The number of imide groups is 1. The lowest BCUT2D eigenvalue weighted by molar-refractivity contribution is 0.0642. The molecular formula is C22H22N2O4. The third-order valence-corrected chi connectivity index (χ3v) is 5.45. The summed E-state index contributed by atoms with van der Waals surface area (Å²) >= 11 is 0. The van der Waals surface area contributed by atoms with Crippen molar-refractivity contribution in [2.24, 2.45) is 0 Å². The van der Waals surface area contributed by atoms with Crippen LogP contribution >= 0.6 is 0 Å². The minimum absolute atomic E-state index is 0.0241. The van der Waals surface area contributed by atoms with Gasteiger partial charge in [-0.15, -0.1) is 0 Å². The van der Waals surface area contributed by atoms with Gasteiger partial charge in [0.05, 0.1) is 23.8 Å². The zero-order valence-corrected chi connectivity index (χ0v) is 15.4. The number of carbonyl (C=O) groups is 3. The van der Waals surface area contributed by atoms with Gasteiger partial charge < -0.3 is 10.4 Å². The summed E-state index contributed by atoms with van der Waals surface area (Å²) in [7, 11) is 0. The van der Waals surface area contributed by atoms with E-state index in [0.717, 1.165) is 18.4 Å². The monoisotopic (exact) mass is 378 g/mol. The van der Waals surface area contributed by atoms with Gasteiger partial charge >= 0.3 is 0 Å². The SMILES string of the molecule is O=C(NC1CCC(O)CC1)c1ccc2c(c1)C(=O)N(Cc1ccccc1)C2=O. The zero-order valence-electron chi connectivity index (χ0n) is 15.4. The number of amides is 3. The van der Waals surface area contributed by atoms with E-state index >= 15 is 0 Å². The normalized spacial score (nSPS) is 21.5. The summed E-state index contributed by atoms with van der Waals surface area (Å²) in [5, 5.41) is 12.5. The zero-order chi connectivity index (χ0) is 19.7. The van der Waals surface area contributed by atoms with Gasteiger partial charge in [0.25, 0.3) is 17.7 Å². The summed E-state index contributed by atoms with van der Waals surface area (Å²) in [4.78, 5) is 39.2. The molecule has 0 radical (unpaired) electrons. The van der Waals surface area contributed by atoms with Gasteiger partial charge in [-0.25, -0.2) is 0 Å². The van der Waals surface area contributed by atoms with Crippen molar-refractivity contribution in [2.75, 3.05) is 0 Å². The molecule has 2 aromatic rings. The Kier molecular flexibility index (Phi) is 4.96. The van der Waals surface area contributed by atoms with Crippen molar-refractivity contribution in [1.29, 1.82) is 0 Å². The van der Waals surface area contributed by atoms with E-state index in [-0.39, 0.29) is 42.0 Å². The number of fused-ring (bicyclic) bond motifs is 1. The van der Waals surface area contributed by atoms with Crippen LogP contribution in [-0.4, -0.2) is 39.9 Å². The first-order valence-electron chi connectivity index (χ1n) is 9.56. The predicted octanol–water partition coefficient (Wildman–Crippen LogP) is 2.52. The molecule has 144 valence electrons. The highest BCUT2D eigenvalue weighted by molar-refractivity contribution is 6.22. The first-order valence-corrected chi connectivity index (χ1v) is 9.56. The average Bonchev–Trinajstić information content (AvgIpc) is 2.95. The number of nitrogens with zero attached hydrogens (tertiary/aromatic N) is 1. The van der Waals surface area contributed by atoms with Gasteiger partial charge in [-0.1, -0.05) is 30.3 Å². The van der Waals surface area contributed by atoms with Crippen molar-refractivity contribution in [3.05, 3.63) is 70.8 Å². The van der Waals surface area contributed by atoms with E-state index in [9.17, 15) is 19.5 Å². The fourth-order valence-corrected chi connectivity index (χ4v) is 3.83. The highest BCUT2D eigenvalue weighted by Gasteiger charge is 2.36. The van der Waals surface area contributed by atoms with E-state index in [1.165, 1.54) is 11.0 Å². The maximum atomic E-state index is 12.8. The average molecular weight is 378 g/mol. The first kappa shape index (κ1) is 18.4. The van der Waals surface area contributed by atoms with Gasteiger partial charge in [0.15, 0.2) is 0 Å². The molecule has 0 atom stereocenters. The molecule has 0 saturated heterocycles. The second kappa shape index (κ2) is 7.56. The third kappa shape index (κ3) is 3.55. The van der Waals surface area contributed by atoms with Gasteiger partial charge in [0.2, 0.25) is 0 Å². The van der Waals surface area contributed by atoms with Crippen LogP contribution in [0.3, 0.4) is 0 Å². The minimum Gasteiger partial charge on any atom is -0.393 e. The van der Waals surface area contributed by atoms with Crippen LogP contribution in [0.4, 0.5) is 0 Å². The van der Waals surface area contributed by atoms with Gasteiger partial charge in [0.1, 0.15) is 0 Å². The molecular weight excluding hydrogens is 356 g/mol. The summed E-state index contributed by atoms with van der Waals surface area (Å²) in [5.41, 5.74) is 1.84. The fourth-order valence-electron chi connectivity index (χ4n) is 3.83. The number of rotatable bonds is 4. The number of aliphatic hydroxyl groups is 1. The van der Waals surface area contributed by atoms with Crippen LogP contribution < -0.4 is 5.32 Å². The Morgan fingerprint density at radius 3 is 2.36 bits per heavy atom. The van der Waals surface area contributed by atoms with E-state index in [2.05, 4.69) is 5.32 Å². The maximum Gasteiger partial charge on any atom is 0.261 e. The molecule has 1 heterocycles. The van der Waals surface area contributed by atoms with E-state index < -0.39 is 0 Å². The van der Waals surface area contributed by atoms with Gasteiger partial charge in [-0.2, -0.15) is 0 Å². The van der Waals surface area contributed by atoms with E-state index in [1.54, 1.807) is 12.1 Å². The second-order valence-electron chi connectivity index (χ2n) is 7.42. The smallest absolute Gasteiger partial charge is 0.261 e. The highest BCUT2D eigenvalue weighted by Crippen LogP contribution is 2.26. The maximum absolute atomic E-state index is 12.8. The molecule has 1 aliphatic carbocycles. The van der Waals surface area contributed by atoms with Crippen LogP contribution in [0, 0.1) is 0 Å². The molecule has 1 saturated carbocycles. The van der Waals surface area contributed by atoms with E-state index in [1.807, 2.05) is 30.3 Å². The number of aliphatic hydroxyl groups excluding tert-OH is 1. The fraction of sp³-hybridized carbons (Fsp3) is 0.318. The van der Waals surface area contributed by atoms with Crippen LogP contribution in [0.15, 0.2) is 48.5 Å². The molecule has 2 aliphatic rings. The Hall–Kier alpha value is -2.99. The van der Waals surface area contributed by atoms with Gasteiger partial charge in [-0.05, 0) is 49.4 Å². The number of hydrogen-bond donors (Lipinski definition) is 2. The Labute approximate surface area is 163 Å². The van der Waals surface area contributed by atoms with Gasteiger partial charge in [-0.3, -0.25) is 19.3 Å². The molecule has 0 spiro atoms.